The van der Waals surface area contributed by atoms with Crippen molar-refractivity contribution in [1.29, 1.82) is 0 Å². The number of esters is 1. The molecule has 3 fully saturated rings. The van der Waals surface area contributed by atoms with Crippen molar-refractivity contribution in [2.75, 3.05) is 34.2 Å². The maximum absolute atomic E-state index is 13.6. The molecule has 0 saturated carbocycles. The topological polar surface area (TPSA) is 161 Å². The first-order chi connectivity index (χ1) is 22.7. The van der Waals surface area contributed by atoms with Crippen LogP contribution in [-0.4, -0.2) is 86.2 Å². The van der Waals surface area contributed by atoms with Gasteiger partial charge in [-0.15, -0.1) is 11.3 Å². The van der Waals surface area contributed by atoms with Crippen molar-refractivity contribution < 1.29 is 64.1 Å². The predicted octanol–water partition coefficient (Wildman–Crippen LogP) is 2.75. The summed E-state index contributed by atoms with van der Waals surface area (Å²) < 4.78 is 62.3. The molecule has 5 heterocycles. The van der Waals surface area contributed by atoms with Crippen LogP contribution in [-0.2, 0) is 28.5 Å². The number of rotatable bonds is 6. The fourth-order valence-corrected chi connectivity index (χ4v) is 7.63. The molecule has 14 heteroatoms. The molecular formula is C32H32O13S. The smallest absolute Gasteiger partial charge is 0.310 e. The number of carbonyl (C=O) groups excluding carboxylic acids is 1. The summed E-state index contributed by atoms with van der Waals surface area (Å²) in [5.41, 5.74) is 1.10. The number of thiophene rings is 1. The summed E-state index contributed by atoms with van der Waals surface area (Å²) in [4.78, 5) is 14.4. The van der Waals surface area contributed by atoms with E-state index in [0.29, 0.717) is 28.2 Å². The summed E-state index contributed by atoms with van der Waals surface area (Å²) in [6.07, 6.45) is -7.58. The lowest BCUT2D eigenvalue weighted by molar-refractivity contribution is -0.368. The van der Waals surface area contributed by atoms with Gasteiger partial charge in [0.1, 0.15) is 24.4 Å². The standard InChI is InChI=1S/C32H32O13S/c1-37-19-6-13(7-20(38-2)25(19)33)23-14-8-17-18(42-12-41-17)9-15(14)28(16-10-39-30(36)24(16)23)44-32-27(35)26(34)29-21(43-32)11-40-31(45-29)22-4-3-5-46-22/h3-9,16,21,23-24,26-29,31-35H,10-12H2,1-2H3/t16-,21+,23+,24-,26+,27+,28+,29+,31+,32-/m0/s1/i23D. The molecule has 3 aromatic rings. The number of hydrogen-bond donors (Lipinski definition) is 3. The van der Waals surface area contributed by atoms with E-state index in [1.54, 1.807) is 12.1 Å². The van der Waals surface area contributed by atoms with Crippen LogP contribution in [0.25, 0.3) is 0 Å². The molecule has 1 aliphatic carbocycles. The van der Waals surface area contributed by atoms with E-state index >= 15 is 0 Å². The molecule has 0 unspecified atom stereocenters. The van der Waals surface area contributed by atoms with Gasteiger partial charge in [-0.2, -0.15) is 0 Å². The summed E-state index contributed by atoms with van der Waals surface area (Å²) in [7, 11) is 2.74. The van der Waals surface area contributed by atoms with Gasteiger partial charge in [0, 0.05) is 13.2 Å². The third kappa shape index (κ3) is 4.70. The number of ether oxygens (including phenoxy) is 9. The number of hydrogen-bond acceptors (Lipinski definition) is 14. The number of phenols is 1. The van der Waals surface area contributed by atoms with Crippen LogP contribution in [0.4, 0.5) is 0 Å². The number of carbonyl (C=O) groups is 1. The number of aromatic hydroxyl groups is 1. The van der Waals surface area contributed by atoms with Gasteiger partial charge in [0.15, 0.2) is 35.6 Å². The van der Waals surface area contributed by atoms with Gasteiger partial charge in [0.2, 0.25) is 12.5 Å². The van der Waals surface area contributed by atoms with Crippen LogP contribution >= 0.6 is 11.3 Å². The SMILES string of the molecule is [2H][C@@]1(c2cc(OC)c(O)c(OC)c2)c2cc3c(cc2[C@@H](O[C@@H]2O[C@@H]4CO[C@@H](c5cccs5)O[C@H]4[C@H](O)[C@H]2O)[C@H]2COC(=O)[C@@H]21)OCO3. The Balaban J connectivity index is 1.18. The Bertz CT molecular complexity index is 1660. The molecule has 3 saturated heterocycles. The first-order valence-corrected chi connectivity index (χ1v) is 15.6. The molecule has 3 N–H and O–H groups in total. The van der Waals surface area contributed by atoms with Crippen molar-refractivity contribution in [1.82, 2.24) is 0 Å². The fraction of sp³-hybridized carbons (Fsp3) is 0.469. The minimum Gasteiger partial charge on any atom is -0.502 e. The number of fused-ring (bicyclic) bond motifs is 4. The highest BCUT2D eigenvalue weighted by Crippen LogP contribution is 2.57. The van der Waals surface area contributed by atoms with E-state index in [1.807, 2.05) is 17.5 Å². The van der Waals surface area contributed by atoms with Crippen molar-refractivity contribution in [3.05, 3.63) is 63.3 Å². The molecule has 8 rings (SSSR count). The highest BCUT2D eigenvalue weighted by molar-refractivity contribution is 7.10. The van der Waals surface area contributed by atoms with Crippen molar-refractivity contribution in [3.63, 3.8) is 0 Å². The van der Waals surface area contributed by atoms with E-state index in [0.717, 1.165) is 4.88 Å². The molecule has 10 atom stereocenters. The number of cyclic esters (lactones) is 1. The van der Waals surface area contributed by atoms with Crippen molar-refractivity contribution >= 4 is 17.3 Å². The van der Waals surface area contributed by atoms with Crippen molar-refractivity contribution in [3.8, 4) is 28.7 Å². The molecule has 244 valence electrons. The van der Waals surface area contributed by atoms with Gasteiger partial charge in [-0.05, 0) is 52.4 Å². The number of phenolic OH excluding ortho intramolecular Hbond substituents is 1. The Morgan fingerprint density at radius 1 is 0.957 bits per heavy atom. The number of benzene rings is 2. The monoisotopic (exact) mass is 657 g/mol. The highest BCUT2D eigenvalue weighted by atomic mass is 32.1. The second-order valence-corrected chi connectivity index (χ2v) is 12.5. The van der Waals surface area contributed by atoms with Crippen LogP contribution in [0.3, 0.4) is 0 Å². The Labute approximate surface area is 268 Å². The van der Waals surface area contributed by atoms with Crippen LogP contribution < -0.4 is 18.9 Å². The van der Waals surface area contributed by atoms with Gasteiger partial charge in [-0.3, -0.25) is 4.79 Å². The zero-order valence-corrected chi connectivity index (χ0v) is 25.5. The summed E-state index contributed by atoms with van der Waals surface area (Å²) in [5, 5.41) is 35.0. The Kier molecular flexibility index (Phi) is 7.18. The molecule has 1 aromatic heterocycles. The molecule has 0 bridgehead atoms. The molecular weight excluding hydrogens is 624 g/mol. The van der Waals surface area contributed by atoms with E-state index in [2.05, 4.69) is 0 Å². The minimum absolute atomic E-state index is 0.0450. The van der Waals surface area contributed by atoms with Gasteiger partial charge in [-0.25, -0.2) is 0 Å². The quantitative estimate of drug-likeness (QED) is 0.333. The Hall–Kier alpha value is -3.63. The highest BCUT2D eigenvalue weighted by Gasteiger charge is 2.56. The van der Waals surface area contributed by atoms with Crippen LogP contribution in [0.5, 0.6) is 28.7 Å². The van der Waals surface area contributed by atoms with Crippen LogP contribution in [0.1, 0.15) is 41.2 Å². The fourth-order valence-electron chi connectivity index (χ4n) is 6.92. The molecule has 2 aromatic carbocycles. The molecule has 0 radical (unpaired) electrons. The molecule has 5 aliphatic rings. The first-order valence-electron chi connectivity index (χ1n) is 15.3. The minimum atomic E-state index is -1.80. The number of aliphatic hydroxyl groups is 2. The van der Waals surface area contributed by atoms with Crippen LogP contribution in [0, 0.1) is 11.8 Å². The predicted molar refractivity (Wildman–Crippen MR) is 156 cm³/mol. The lowest BCUT2D eigenvalue weighted by atomic mass is 9.66. The van der Waals surface area contributed by atoms with Gasteiger partial charge in [0.25, 0.3) is 0 Å². The van der Waals surface area contributed by atoms with Crippen molar-refractivity contribution in [2.45, 2.75) is 49.0 Å². The maximum atomic E-state index is 13.6. The Morgan fingerprint density at radius 2 is 1.70 bits per heavy atom. The summed E-state index contributed by atoms with van der Waals surface area (Å²) >= 11 is 1.45. The zero-order chi connectivity index (χ0) is 32.6. The Morgan fingerprint density at radius 3 is 2.39 bits per heavy atom. The molecule has 4 aliphatic heterocycles. The molecule has 13 nitrogen and oxygen atoms in total. The molecule has 46 heavy (non-hydrogen) atoms. The number of aliphatic hydroxyl groups excluding tert-OH is 2. The van der Waals surface area contributed by atoms with Gasteiger partial charge < -0.3 is 58.0 Å². The normalized spacial score (nSPS) is 36.2. The lowest BCUT2D eigenvalue weighted by Crippen LogP contribution is -2.62. The zero-order valence-electron chi connectivity index (χ0n) is 25.7. The van der Waals surface area contributed by atoms with Gasteiger partial charge in [-0.1, -0.05) is 6.07 Å². The van der Waals surface area contributed by atoms with Gasteiger partial charge in [0.05, 0.1) is 44.3 Å². The number of methoxy groups -OCH3 is 2. The van der Waals surface area contributed by atoms with Crippen LogP contribution in [0.2, 0.25) is 0 Å². The van der Waals surface area contributed by atoms with E-state index < -0.39 is 66.8 Å². The van der Waals surface area contributed by atoms with Crippen LogP contribution in [0.15, 0.2) is 41.8 Å². The van der Waals surface area contributed by atoms with E-state index in [1.165, 1.54) is 37.7 Å². The van der Waals surface area contributed by atoms with E-state index in [4.69, 9.17) is 42.6 Å². The largest absolute Gasteiger partial charge is 0.502 e. The summed E-state index contributed by atoms with van der Waals surface area (Å²) in [6.45, 7) is -0.0668. The summed E-state index contributed by atoms with van der Waals surface area (Å²) in [5.74, 6) is -3.68. The third-order valence-corrected chi connectivity index (χ3v) is 10.0. The third-order valence-electron chi connectivity index (χ3n) is 9.12. The van der Waals surface area contributed by atoms with E-state index in [9.17, 15) is 21.5 Å². The average Bonchev–Trinajstić information content (AvgIpc) is 3.86. The van der Waals surface area contributed by atoms with Crippen molar-refractivity contribution in [2.24, 2.45) is 11.8 Å². The molecule has 0 amide bonds. The second kappa shape index (κ2) is 11.6. The maximum Gasteiger partial charge on any atom is 0.310 e. The summed E-state index contributed by atoms with van der Waals surface area (Å²) in [6, 6.07) is 10.0. The first kappa shape index (κ1) is 28.6. The van der Waals surface area contributed by atoms with E-state index in [-0.39, 0.29) is 37.3 Å². The average molecular weight is 658 g/mol. The lowest BCUT2D eigenvalue weighted by Gasteiger charge is -2.48. The molecule has 0 spiro atoms. The van der Waals surface area contributed by atoms with Gasteiger partial charge >= 0.3 is 5.97 Å². The second-order valence-electron chi connectivity index (χ2n) is 11.6.